The number of carbonyl (C=O) groups is 4. The van der Waals surface area contributed by atoms with E-state index in [1.807, 2.05) is 6.92 Å². The van der Waals surface area contributed by atoms with Crippen LogP contribution in [-0.2, 0) is 14.4 Å². The molecular formula is C11H20N4O5. The molecule has 0 aliphatic carbocycles. The molecule has 0 spiro atoms. The minimum absolute atomic E-state index is 0.111. The monoisotopic (exact) mass is 288 g/mol. The van der Waals surface area contributed by atoms with Crippen molar-refractivity contribution in [3.63, 3.8) is 0 Å². The number of carboxylic acid groups (broad SMARTS) is 1. The summed E-state index contributed by atoms with van der Waals surface area (Å²) in [4.78, 5) is 44.0. The SMILES string of the molecule is CCCNC(=O)CNC(=O)N[C@@H](CCC(N)=O)C(=O)O. The average Bonchev–Trinajstić information content (AvgIpc) is 2.38. The predicted octanol–water partition coefficient (Wildman–Crippen LogP) is -1.47. The second-order valence-corrected chi connectivity index (χ2v) is 4.07. The Morgan fingerprint density at radius 3 is 2.35 bits per heavy atom. The number of hydrogen-bond acceptors (Lipinski definition) is 4. The molecular weight excluding hydrogens is 268 g/mol. The number of carboxylic acids is 1. The van der Waals surface area contributed by atoms with Gasteiger partial charge in [-0.05, 0) is 12.8 Å². The van der Waals surface area contributed by atoms with Crippen LogP contribution < -0.4 is 21.7 Å². The summed E-state index contributed by atoms with van der Waals surface area (Å²) in [5.41, 5.74) is 4.90. The molecule has 0 heterocycles. The minimum atomic E-state index is -1.28. The Hall–Kier alpha value is -2.32. The molecule has 4 amide bonds. The summed E-state index contributed by atoms with van der Waals surface area (Å²) >= 11 is 0. The van der Waals surface area contributed by atoms with Crippen LogP contribution in [0.25, 0.3) is 0 Å². The molecule has 1 atom stereocenters. The maximum Gasteiger partial charge on any atom is 0.326 e. The minimum Gasteiger partial charge on any atom is -0.480 e. The molecule has 0 bridgehead atoms. The molecule has 0 aromatic carbocycles. The number of primary amides is 1. The summed E-state index contributed by atoms with van der Waals surface area (Å²) < 4.78 is 0. The van der Waals surface area contributed by atoms with Gasteiger partial charge >= 0.3 is 12.0 Å². The smallest absolute Gasteiger partial charge is 0.326 e. The van der Waals surface area contributed by atoms with Crippen molar-refractivity contribution >= 4 is 23.8 Å². The average molecular weight is 288 g/mol. The van der Waals surface area contributed by atoms with Crippen molar-refractivity contribution in [3.8, 4) is 0 Å². The Balaban J connectivity index is 4.10. The second kappa shape index (κ2) is 9.59. The molecule has 0 saturated carbocycles. The van der Waals surface area contributed by atoms with Crippen LogP contribution >= 0.6 is 0 Å². The van der Waals surface area contributed by atoms with Crippen molar-refractivity contribution in [1.82, 2.24) is 16.0 Å². The first-order valence-electron chi connectivity index (χ1n) is 6.19. The number of carbonyl (C=O) groups excluding carboxylic acids is 3. The van der Waals surface area contributed by atoms with Crippen LogP contribution in [0.3, 0.4) is 0 Å². The number of urea groups is 1. The number of nitrogens with two attached hydrogens (primary N) is 1. The van der Waals surface area contributed by atoms with Gasteiger partial charge < -0.3 is 26.8 Å². The summed E-state index contributed by atoms with van der Waals surface area (Å²) in [6.45, 7) is 2.13. The van der Waals surface area contributed by atoms with Crippen molar-refractivity contribution in [3.05, 3.63) is 0 Å². The lowest BCUT2D eigenvalue weighted by Gasteiger charge is -2.14. The maximum absolute atomic E-state index is 11.4. The van der Waals surface area contributed by atoms with E-state index in [9.17, 15) is 19.2 Å². The lowest BCUT2D eigenvalue weighted by atomic mass is 10.1. The first kappa shape index (κ1) is 17.7. The Kier molecular flexibility index (Phi) is 8.48. The Morgan fingerprint density at radius 2 is 1.85 bits per heavy atom. The zero-order valence-electron chi connectivity index (χ0n) is 11.3. The lowest BCUT2D eigenvalue weighted by Crippen LogP contribution is -2.48. The van der Waals surface area contributed by atoms with Gasteiger partial charge in [0.05, 0.1) is 6.54 Å². The van der Waals surface area contributed by atoms with Crippen LogP contribution in [0, 0.1) is 0 Å². The standard InChI is InChI=1S/C11H20N4O5/c1-2-5-13-9(17)6-14-11(20)15-7(10(18)19)3-4-8(12)16/h7H,2-6H2,1H3,(H2,12,16)(H,13,17)(H,18,19)(H2,14,15,20)/t7-/m0/s1. The van der Waals surface area contributed by atoms with Gasteiger partial charge in [-0.15, -0.1) is 0 Å². The van der Waals surface area contributed by atoms with Crippen molar-refractivity contribution in [1.29, 1.82) is 0 Å². The molecule has 20 heavy (non-hydrogen) atoms. The van der Waals surface area contributed by atoms with Gasteiger partial charge in [0, 0.05) is 13.0 Å². The van der Waals surface area contributed by atoms with Gasteiger partial charge in [-0.1, -0.05) is 6.92 Å². The van der Waals surface area contributed by atoms with E-state index in [1.54, 1.807) is 0 Å². The van der Waals surface area contributed by atoms with Gasteiger partial charge in [-0.2, -0.15) is 0 Å². The van der Waals surface area contributed by atoms with E-state index >= 15 is 0 Å². The fourth-order valence-electron chi connectivity index (χ4n) is 1.24. The Morgan fingerprint density at radius 1 is 1.20 bits per heavy atom. The van der Waals surface area contributed by atoms with Crippen molar-refractivity contribution < 1.29 is 24.3 Å². The molecule has 0 aromatic heterocycles. The first-order chi connectivity index (χ1) is 9.36. The Bertz CT molecular complexity index is 372. The zero-order chi connectivity index (χ0) is 15.5. The third-order valence-electron chi connectivity index (χ3n) is 2.26. The number of nitrogens with one attached hydrogen (secondary N) is 3. The largest absolute Gasteiger partial charge is 0.480 e. The molecule has 0 radical (unpaired) electrons. The number of rotatable bonds is 9. The summed E-state index contributed by atoms with van der Waals surface area (Å²) in [5.74, 6) is -2.31. The highest BCUT2D eigenvalue weighted by molar-refractivity contribution is 5.86. The van der Waals surface area contributed by atoms with Gasteiger partial charge in [0.1, 0.15) is 6.04 Å². The molecule has 0 saturated heterocycles. The second-order valence-electron chi connectivity index (χ2n) is 4.07. The number of hydrogen-bond donors (Lipinski definition) is 5. The van der Waals surface area contributed by atoms with Gasteiger partial charge in [0.2, 0.25) is 11.8 Å². The first-order valence-corrected chi connectivity index (χ1v) is 6.19. The molecule has 0 fully saturated rings. The highest BCUT2D eigenvalue weighted by Gasteiger charge is 2.20. The molecule has 9 nitrogen and oxygen atoms in total. The summed E-state index contributed by atoms with van der Waals surface area (Å²) in [5, 5.41) is 15.8. The van der Waals surface area contributed by atoms with Crippen LogP contribution in [0.4, 0.5) is 4.79 Å². The summed E-state index contributed by atoms with van der Waals surface area (Å²) in [7, 11) is 0. The molecule has 114 valence electrons. The third-order valence-corrected chi connectivity index (χ3v) is 2.26. The molecule has 0 aliphatic rings. The zero-order valence-corrected chi connectivity index (χ0v) is 11.3. The van der Waals surface area contributed by atoms with E-state index in [2.05, 4.69) is 16.0 Å². The Labute approximate surface area is 116 Å². The van der Waals surface area contributed by atoms with E-state index in [0.717, 1.165) is 6.42 Å². The molecule has 0 rings (SSSR count). The van der Waals surface area contributed by atoms with E-state index in [-0.39, 0.29) is 25.3 Å². The molecule has 9 heteroatoms. The van der Waals surface area contributed by atoms with Crippen LogP contribution in [0.5, 0.6) is 0 Å². The fraction of sp³-hybridized carbons (Fsp3) is 0.636. The maximum atomic E-state index is 11.4. The van der Waals surface area contributed by atoms with Gasteiger partial charge in [0.25, 0.3) is 0 Å². The van der Waals surface area contributed by atoms with Gasteiger partial charge in [-0.25, -0.2) is 9.59 Å². The van der Waals surface area contributed by atoms with Crippen molar-refractivity contribution in [2.75, 3.05) is 13.1 Å². The molecule has 6 N–H and O–H groups in total. The highest BCUT2D eigenvalue weighted by Crippen LogP contribution is 1.97. The molecule has 0 unspecified atom stereocenters. The fourth-order valence-corrected chi connectivity index (χ4v) is 1.24. The normalized spacial score (nSPS) is 11.2. The van der Waals surface area contributed by atoms with Crippen molar-refractivity contribution in [2.24, 2.45) is 5.73 Å². The summed E-state index contributed by atoms with van der Waals surface area (Å²) in [6, 6.07) is -2.03. The quantitative estimate of drug-likeness (QED) is 0.351. The highest BCUT2D eigenvalue weighted by atomic mass is 16.4. The third kappa shape index (κ3) is 8.72. The van der Waals surface area contributed by atoms with E-state index in [4.69, 9.17) is 10.8 Å². The summed E-state index contributed by atoms with van der Waals surface area (Å²) in [6.07, 6.45) is 0.500. The molecule has 0 aliphatic heterocycles. The lowest BCUT2D eigenvalue weighted by molar-refractivity contribution is -0.139. The van der Waals surface area contributed by atoms with E-state index in [1.165, 1.54) is 0 Å². The van der Waals surface area contributed by atoms with E-state index < -0.39 is 23.9 Å². The van der Waals surface area contributed by atoms with Gasteiger partial charge in [-0.3, -0.25) is 9.59 Å². The topological polar surface area (TPSA) is 151 Å². The van der Waals surface area contributed by atoms with Gasteiger partial charge in [0.15, 0.2) is 0 Å². The van der Waals surface area contributed by atoms with Crippen LogP contribution in [0.1, 0.15) is 26.2 Å². The number of amides is 4. The van der Waals surface area contributed by atoms with Crippen LogP contribution in [0.2, 0.25) is 0 Å². The van der Waals surface area contributed by atoms with E-state index in [0.29, 0.717) is 6.54 Å². The van der Waals surface area contributed by atoms with Crippen LogP contribution in [0.15, 0.2) is 0 Å². The van der Waals surface area contributed by atoms with Crippen molar-refractivity contribution in [2.45, 2.75) is 32.2 Å². The predicted molar refractivity (Wildman–Crippen MR) is 69.7 cm³/mol. The molecule has 0 aromatic rings. The van der Waals surface area contributed by atoms with Crippen LogP contribution in [-0.4, -0.2) is 48.1 Å². The number of aliphatic carboxylic acids is 1.